The molecule has 2 amide bonds. The first-order valence-electron chi connectivity index (χ1n) is 10.8. The number of ether oxygens (including phenoxy) is 2. The molecule has 1 saturated carbocycles. The first kappa shape index (κ1) is 22.0. The topological polar surface area (TPSA) is 68.2 Å². The number of nitrogens with zero attached hydrogens (tertiary/aromatic N) is 2. The van der Waals surface area contributed by atoms with Gasteiger partial charge in [0.25, 0.3) is 11.8 Å². The Kier molecular flexibility index (Phi) is 5.89. The average Bonchev–Trinajstić information content (AvgIpc) is 3.10. The number of imide groups is 1. The zero-order chi connectivity index (χ0) is 23.1. The number of rotatable bonds is 6. The number of amides is 2. The number of hydrogen-bond donors (Lipinski definition) is 0. The van der Waals surface area contributed by atoms with Crippen molar-refractivity contribution in [1.82, 2.24) is 5.01 Å². The van der Waals surface area contributed by atoms with Gasteiger partial charge in [0.15, 0.2) is 11.5 Å². The number of benzene rings is 2. The van der Waals surface area contributed by atoms with E-state index >= 15 is 0 Å². The molecule has 2 bridgehead atoms. The Morgan fingerprint density at radius 3 is 2.24 bits per heavy atom. The maximum Gasteiger partial charge on any atom is 0.254 e. The smallest absolute Gasteiger partial charge is 0.254 e. The summed E-state index contributed by atoms with van der Waals surface area (Å²) in [6.07, 6.45) is 7.52. The van der Waals surface area contributed by atoms with Crippen molar-refractivity contribution < 1.29 is 19.1 Å². The Morgan fingerprint density at radius 1 is 1.03 bits per heavy atom. The Hall–Kier alpha value is -2.83. The summed E-state index contributed by atoms with van der Waals surface area (Å²) in [6, 6.07) is 10.7. The fraction of sp³-hybridized carbons (Fsp3) is 0.320. The fourth-order valence-electron chi connectivity index (χ4n) is 4.99. The van der Waals surface area contributed by atoms with Crippen LogP contribution < -0.4 is 9.47 Å². The zero-order valence-electron chi connectivity index (χ0n) is 17.9. The summed E-state index contributed by atoms with van der Waals surface area (Å²) in [5.41, 5.74) is 1.52. The van der Waals surface area contributed by atoms with Gasteiger partial charge in [-0.25, -0.2) is 0 Å². The molecule has 170 valence electrons. The number of fused-ring (bicyclic) bond motifs is 1. The zero-order valence-corrected chi connectivity index (χ0v) is 19.4. The third-order valence-electron chi connectivity index (χ3n) is 6.61. The number of methoxy groups -OCH3 is 1. The number of hydrazone groups is 1. The molecule has 1 saturated heterocycles. The second-order valence-corrected chi connectivity index (χ2v) is 9.37. The summed E-state index contributed by atoms with van der Waals surface area (Å²) < 4.78 is 11.3. The quantitative estimate of drug-likeness (QED) is 0.324. The van der Waals surface area contributed by atoms with E-state index in [2.05, 4.69) is 17.3 Å². The van der Waals surface area contributed by atoms with Crippen molar-refractivity contribution in [2.75, 3.05) is 7.11 Å². The first-order chi connectivity index (χ1) is 16.0. The normalized spacial score (nSPS) is 25.7. The molecule has 3 aliphatic carbocycles. The van der Waals surface area contributed by atoms with Gasteiger partial charge in [-0.15, -0.1) is 0 Å². The van der Waals surface area contributed by atoms with E-state index in [9.17, 15) is 9.59 Å². The van der Waals surface area contributed by atoms with Gasteiger partial charge >= 0.3 is 0 Å². The maximum absolute atomic E-state index is 12.9. The highest BCUT2D eigenvalue weighted by molar-refractivity contribution is 6.32. The Balaban J connectivity index is 1.34. The van der Waals surface area contributed by atoms with Gasteiger partial charge in [-0.1, -0.05) is 47.5 Å². The van der Waals surface area contributed by atoms with Crippen LogP contribution in [0.5, 0.6) is 11.5 Å². The number of hydrogen-bond acceptors (Lipinski definition) is 5. The average molecular weight is 485 g/mol. The minimum atomic E-state index is -0.292. The number of allylic oxidation sites excluding steroid dienone is 2. The van der Waals surface area contributed by atoms with E-state index in [-0.39, 0.29) is 42.1 Å². The second kappa shape index (κ2) is 8.84. The molecule has 6 rings (SSSR count). The molecule has 0 aromatic heterocycles. The highest BCUT2D eigenvalue weighted by Crippen LogP contribution is 2.49. The van der Waals surface area contributed by atoms with Gasteiger partial charge in [0, 0.05) is 5.02 Å². The Bertz CT molecular complexity index is 1130. The van der Waals surface area contributed by atoms with Gasteiger partial charge in [0.05, 0.1) is 30.2 Å². The van der Waals surface area contributed by atoms with Crippen LogP contribution in [0.1, 0.15) is 24.0 Å². The summed E-state index contributed by atoms with van der Waals surface area (Å²) in [4.78, 5) is 25.8. The molecule has 2 fully saturated rings. The lowest BCUT2D eigenvalue weighted by atomic mass is 9.63. The summed E-state index contributed by atoms with van der Waals surface area (Å²) >= 11 is 12.4. The monoisotopic (exact) mass is 484 g/mol. The van der Waals surface area contributed by atoms with E-state index < -0.39 is 0 Å². The minimum absolute atomic E-state index is 0.128. The molecule has 0 spiro atoms. The van der Waals surface area contributed by atoms with Crippen LogP contribution in [0.4, 0.5) is 0 Å². The van der Waals surface area contributed by atoms with Crippen molar-refractivity contribution >= 4 is 41.2 Å². The van der Waals surface area contributed by atoms with Crippen LogP contribution in [0.25, 0.3) is 0 Å². The van der Waals surface area contributed by atoms with E-state index in [1.54, 1.807) is 24.3 Å². The molecule has 0 N–H and O–H groups in total. The summed E-state index contributed by atoms with van der Waals surface area (Å²) in [5, 5.41) is 6.25. The Labute approximate surface area is 201 Å². The Morgan fingerprint density at radius 2 is 1.67 bits per heavy atom. The van der Waals surface area contributed by atoms with E-state index in [4.69, 9.17) is 32.7 Å². The van der Waals surface area contributed by atoms with Gasteiger partial charge in [0.2, 0.25) is 0 Å². The molecule has 0 unspecified atom stereocenters. The van der Waals surface area contributed by atoms with Crippen molar-refractivity contribution in [3.05, 3.63) is 69.7 Å². The maximum atomic E-state index is 12.9. The second-order valence-electron chi connectivity index (χ2n) is 8.52. The predicted octanol–water partition coefficient (Wildman–Crippen LogP) is 5.11. The molecular formula is C25H22Cl2N2O4. The van der Waals surface area contributed by atoms with Crippen molar-refractivity contribution in [2.45, 2.75) is 19.4 Å². The van der Waals surface area contributed by atoms with Crippen molar-refractivity contribution in [1.29, 1.82) is 0 Å². The highest BCUT2D eigenvalue weighted by Gasteiger charge is 2.56. The number of carbonyl (C=O) groups is 2. The third kappa shape index (κ3) is 4.02. The van der Waals surface area contributed by atoms with Crippen LogP contribution in [0.3, 0.4) is 0 Å². The molecule has 1 heterocycles. The van der Waals surface area contributed by atoms with E-state index in [0.717, 1.165) is 23.4 Å². The van der Waals surface area contributed by atoms with Crippen molar-refractivity contribution in [3.8, 4) is 11.5 Å². The molecule has 4 aliphatic rings. The van der Waals surface area contributed by atoms with Crippen LogP contribution in [0.15, 0.2) is 53.7 Å². The van der Waals surface area contributed by atoms with Crippen LogP contribution in [0, 0.1) is 23.7 Å². The molecule has 8 heteroatoms. The van der Waals surface area contributed by atoms with E-state index in [1.807, 2.05) is 12.1 Å². The van der Waals surface area contributed by atoms with Gasteiger partial charge in [-0.05, 0) is 60.1 Å². The van der Waals surface area contributed by atoms with Gasteiger partial charge in [-0.2, -0.15) is 10.1 Å². The molecular weight excluding hydrogens is 463 g/mol. The molecule has 33 heavy (non-hydrogen) atoms. The third-order valence-corrected chi connectivity index (χ3v) is 7.14. The summed E-state index contributed by atoms with van der Waals surface area (Å²) in [7, 11) is 1.52. The molecule has 4 atom stereocenters. The van der Waals surface area contributed by atoms with E-state index in [1.165, 1.54) is 13.3 Å². The van der Waals surface area contributed by atoms with Crippen LogP contribution >= 0.6 is 23.2 Å². The fourth-order valence-corrected chi connectivity index (χ4v) is 5.39. The predicted molar refractivity (Wildman–Crippen MR) is 126 cm³/mol. The van der Waals surface area contributed by atoms with Gasteiger partial charge in [-0.3, -0.25) is 9.59 Å². The van der Waals surface area contributed by atoms with Crippen molar-refractivity contribution in [3.63, 3.8) is 0 Å². The lowest BCUT2D eigenvalue weighted by Crippen LogP contribution is -2.38. The minimum Gasteiger partial charge on any atom is -0.493 e. The summed E-state index contributed by atoms with van der Waals surface area (Å²) in [5.74, 6) is 0.0515. The standard InChI is InChI=1S/C25H22Cl2N2O4/c1-32-20-11-15(10-19(27)23(20)33-13-14-2-8-18(26)9-3-14)12-28-29-24(30)21-16-4-5-17(7-6-16)22(21)25(29)31/h2-5,8-12,16-17,21-22H,6-7,13H2,1H3/b28-12-/t16-,17-,21-,22-/m0/s1. The molecule has 0 radical (unpaired) electrons. The first-order valence-corrected chi connectivity index (χ1v) is 11.6. The molecule has 2 aromatic carbocycles. The molecule has 2 aromatic rings. The van der Waals surface area contributed by atoms with Gasteiger partial charge in [0.1, 0.15) is 6.61 Å². The SMILES string of the molecule is COc1cc(/C=N\N2C(=O)[C@@H]3[C@@H](C2=O)[C@H]2C=C[C@H]3CC2)cc(Cl)c1OCc1ccc(Cl)cc1. The lowest BCUT2D eigenvalue weighted by molar-refractivity contribution is -0.140. The van der Waals surface area contributed by atoms with Crippen LogP contribution in [-0.4, -0.2) is 30.1 Å². The molecule has 6 nitrogen and oxygen atoms in total. The van der Waals surface area contributed by atoms with E-state index in [0.29, 0.717) is 27.1 Å². The lowest BCUT2D eigenvalue weighted by Gasteiger charge is -2.37. The summed E-state index contributed by atoms with van der Waals surface area (Å²) in [6.45, 7) is 0.288. The van der Waals surface area contributed by atoms with Crippen LogP contribution in [0.2, 0.25) is 10.0 Å². The largest absolute Gasteiger partial charge is 0.493 e. The number of halogens is 2. The van der Waals surface area contributed by atoms with Crippen LogP contribution in [-0.2, 0) is 16.2 Å². The van der Waals surface area contributed by atoms with Gasteiger partial charge < -0.3 is 9.47 Å². The van der Waals surface area contributed by atoms with Crippen molar-refractivity contribution in [2.24, 2.45) is 28.8 Å². The number of carbonyl (C=O) groups excluding carboxylic acids is 2. The molecule has 1 aliphatic heterocycles. The highest BCUT2D eigenvalue weighted by atomic mass is 35.5.